The molecular formula is C24H28N4O5S. The van der Waals surface area contributed by atoms with Crippen LogP contribution in [0.4, 0.5) is 0 Å². The molecule has 34 heavy (non-hydrogen) atoms. The van der Waals surface area contributed by atoms with E-state index < -0.39 is 33.4 Å². The SMILES string of the molecule is CCN(CC)S(=O)(=O)c1ccc2[nH]c(=O)cc(C(=O)NC(C)C(=O)NCc3ccccc3)c2c1. The number of amides is 2. The summed E-state index contributed by atoms with van der Waals surface area (Å²) in [6.45, 7) is 5.91. The largest absolute Gasteiger partial charge is 0.350 e. The first-order chi connectivity index (χ1) is 16.2. The zero-order valence-corrected chi connectivity index (χ0v) is 20.1. The fourth-order valence-electron chi connectivity index (χ4n) is 3.57. The third kappa shape index (κ3) is 5.52. The molecule has 3 N–H and O–H groups in total. The fraction of sp³-hybridized carbons (Fsp3) is 0.292. The molecule has 180 valence electrons. The average molecular weight is 485 g/mol. The summed E-state index contributed by atoms with van der Waals surface area (Å²) in [6, 6.07) is 13.8. The molecular weight excluding hydrogens is 456 g/mol. The quantitative estimate of drug-likeness (QED) is 0.428. The Bertz CT molecular complexity index is 1350. The smallest absolute Gasteiger partial charge is 0.252 e. The van der Waals surface area contributed by atoms with Crippen molar-refractivity contribution in [2.75, 3.05) is 13.1 Å². The molecule has 0 fully saturated rings. The number of hydrogen-bond acceptors (Lipinski definition) is 5. The standard InChI is InChI=1S/C24H28N4O5S/c1-4-28(5-2)34(32,33)18-11-12-21-19(13-18)20(14-22(29)27-21)24(31)26-16(3)23(30)25-15-17-9-7-6-8-10-17/h6-14,16H,4-5,15H2,1-3H3,(H,25,30)(H,26,31)(H,27,29). The number of aromatic amines is 1. The minimum Gasteiger partial charge on any atom is -0.350 e. The Hall–Kier alpha value is -3.50. The Labute approximate surface area is 198 Å². The van der Waals surface area contributed by atoms with Crippen LogP contribution >= 0.6 is 0 Å². The number of sulfonamides is 1. The van der Waals surface area contributed by atoms with Gasteiger partial charge in [-0.3, -0.25) is 14.4 Å². The predicted octanol–water partition coefficient (Wildman–Crippen LogP) is 1.99. The molecule has 1 aromatic heterocycles. The molecule has 1 heterocycles. The first-order valence-corrected chi connectivity index (χ1v) is 12.4. The first kappa shape index (κ1) is 25.1. The van der Waals surface area contributed by atoms with Crippen molar-refractivity contribution in [3.8, 4) is 0 Å². The van der Waals surface area contributed by atoms with Crippen LogP contribution in [0.2, 0.25) is 0 Å². The number of carbonyl (C=O) groups is 2. The number of nitrogens with zero attached hydrogens (tertiary/aromatic N) is 1. The normalized spacial score (nSPS) is 12.5. The molecule has 0 bridgehead atoms. The highest BCUT2D eigenvalue weighted by atomic mass is 32.2. The van der Waals surface area contributed by atoms with Gasteiger partial charge in [0.15, 0.2) is 0 Å². The maximum absolute atomic E-state index is 13.0. The van der Waals surface area contributed by atoms with Crippen molar-refractivity contribution in [1.29, 1.82) is 0 Å². The average Bonchev–Trinajstić information content (AvgIpc) is 2.82. The lowest BCUT2D eigenvalue weighted by Crippen LogP contribution is -2.44. The summed E-state index contributed by atoms with van der Waals surface area (Å²) in [5.74, 6) is -1.05. The van der Waals surface area contributed by atoms with E-state index in [1.54, 1.807) is 13.8 Å². The Kier molecular flexibility index (Phi) is 7.85. The Morgan fingerprint density at radius 1 is 1.03 bits per heavy atom. The summed E-state index contributed by atoms with van der Waals surface area (Å²) < 4.78 is 27.2. The summed E-state index contributed by atoms with van der Waals surface area (Å²) in [6.07, 6.45) is 0. The van der Waals surface area contributed by atoms with Crippen molar-refractivity contribution >= 4 is 32.7 Å². The van der Waals surface area contributed by atoms with E-state index in [1.807, 2.05) is 30.3 Å². The molecule has 3 rings (SSSR count). The second-order valence-electron chi connectivity index (χ2n) is 7.74. The summed E-state index contributed by atoms with van der Waals surface area (Å²) in [5, 5.41) is 5.61. The zero-order chi connectivity index (χ0) is 24.9. The van der Waals surface area contributed by atoms with Gasteiger partial charge in [-0.25, -0.2) is 8.42 Å². The van der Waals surface area contributed by atoms with Gasteiger partial charge in [0.25, 0.3) is 5.91 Å². The van der Waals surface area contributed by atoms with Gasteiger partial charge in [0, 0.05) is 36.6 Å². The molecule has 3 aromatic rings. The number of benzene rings is 2. The summed E-state index contributed by atoms with van der Waals surface area (Å²) >= 11 is 0. The van der Waals surface area contributed by atoms with Crippen molar-refractivity contribution in [3.63, 3.8) is 0 Å². The van der Waals surface area contributed by atoms with Gasteiger partial charge < -0.3 is 15.6 Å². The molecule has 10 heteroatoms. The van der Waals surface area contributed by atoms with E-state index in [1.165, 1.54) is 29.4 Å². The first-order valence-electron chi connectivity index (χ1n) is 11.0. The molecule has 0 saturated heterocycles. The fourth-order valence-corrected chi connectivity index (χ4v) is 5.06. The van der Waals surface area contributed by atoms with Crippen LogP contribution in [0.1, 0.15) is 36.7 Å². The number of hydrogen-bond donors (Lipinski definition) is 3. The van der Waals surface area contributed by atoms with Gasteiger partial charge in [0.2, 0.25) is 21.5 Å². The van der Waals surface area contributed by atoms with Gasteiger partial charge in [-0.05, 0) is 30.7 Å². The molecule has 9 nitrogen and oxygen atoms in total. The summed E-state index contributed by atoms with van der Waals surface area (Å²) in [5.41, 5.74) is 0.700. The third-order valence-corrected chi connectivity index (χ3v) is 7.50. The van der Waals surface area contributed by atoms with Crippen molar-refractivity contribution in [2.24, 2.45) is 0 Å². The molecule has 0 aliphatic rings. The molecule has 0 aliphatic carbocycles. The van der Waals surface area contributed by atoms with Gasteiger partial charge in [-0.15, -0.1) is 0 Å². The van der Waals surface area contributed by atoms with Crippen LogP contribution in [0, 0.1) is 0 Å². The molecule has 2 aromatic carbocycles. The van der Waals surface area contributed by atoms with Gasteiger partial charge in [-0.1, -0.05) is 44.2 Å². The monoisotopic (exact) mass is 484 g/mol. The topological polar surface area (TPSA) is 128 Å². The maximum atomic E-state index is 13.0. The lowest BCUT2D eigenvalue weighted by molar-refractivity contribution is -0.122. The molecule has 0 spiro atoms. The van der Waals surface area contributed by atoms with Crippen molar-refractivity contribution in [3.05, 3.63) is 76.1 Å². The molecule has 2 amide bonds. The Balaban J connectivity index is 1.86. The lowest BCUT2D eigenvalue weighted by atomic mass is 10.1. The Morgan fingerprint density at radius 3 is 2.35 bits per heavy atom. The molecule has 0 radical (unpaired) electrons. The van der Waals surface area contributed by atoms with E-state index in [-0.39, 0.29) is 15.8 Å². The van der Waals surface area contributed by atoms with E-state index >= 15 is 0 Å². The molecule has 0 saturated carbocycles. The second-order valence-corrected chi connectivity index (χ2v) is 9.68. The van der Waals surface area contributed by atoms with E-state index in [0.29, 0.717) is 25.2 Å². The number of H-pyrrole nitrogens is 1. The highest BCUT2D eigenvalue weighted by molar-refractivity contribution is 7.89. The summed E-state index contributed by atoms with van der Waals surface area (Å²) in [4.78, 5) is 40.2. The van der Waals surface area contributed by atoms with Gasteiger partial charge >= 0.3 is 0 Å². The predicted molar refractivity (Wildman–Crippen MR) is 130 cm³/mol. The van der Waals surface area contributed by atoms with Crippen LogP contribution < -0.4 is 16.2 Å². The minimum atomic E-state index is -3.77. The highest BCUT2D eigenvalue weighted by Gasteiger charge is 2.24. The van der Waals surface area contributed by atoms with E-state index in [9.17, 15) is 22.8 Å². The summed E-state index contributed by atoms with van der Waals surface area (Å²) in [7, 11) is -3.77. The van der Waals surface area contributed by atoms with Crippen molar-refractivity contribution in [2.45, 2.75) is 38.3 Å². The van der Waals surface area contributed by atoms with Crippen LogP contribution in [0.5, 0.6) is 0 Å². The van der Waals surface area contributed by atoms with Gasteiger partial charge in [-0.2, -0.15) is 4.31 Å². The number of aromatic nitrogens is 1. The third-order valence-electron chi connectivity index (χ3n) is 5.45. The molecule has 1 atom stereocenters. The van der Waals surface area contributed by atoms with E-state index in [4.69, 9.17) is 0 Å². The van der Waals surface area contributed by atoms with Crippen LogP contribution in [0.25, 0.3) is 10.9 Å². The lowest BCUT2D eigenvalue weighted by Gasteiger charge is -2.19. The maximum Gasteiger partial charge on any atom is 0.252 e. The minimum absolute atomic E-state index is 0.0125. The van der Waals surface area contributed by atoms with Crippen molar-refractivity contribution in [1.82, 2.24) is 19.9 Å². The van der Waals surface area contributed by atoms with E-state index in [0.717, 1.165) is 11.6 Å². The molecule has 1 unspecified atom stereocenters. The van der Waals surface area contributed by atoms with Crippen LogP contribution in [-0.2, 0) is 21.4 Å². The molecule has 0 aliphatic heterocycles. The van der Waals surface area contributed by atoms with Gasteiger partial charge in [0.1, 0.15) is 6.04 Å². The van der Waals surface area contributed by atoms with Gasteiger partial charge in [0.05, 0.1) is 10.5 Å². The zero-order valence-electron chi connectivity index (χ0n) is 19.3. The second kappa shape index (κ2) is 10.6. The van der Waals surface area contributed by atoms with Crippen LogP contribution in [0.15, 0.2) is 64.3 Å². The van der Waals surface area contributed by atoms with Crippen LogP contribution in [-0.4, -0.2) is 48.7 Å². The van der Waals surface area contributed by atoms with E-state index in [2.05, 4.69) is 15.6 Å². The number of carbonyl (C=O) groups excluding carboxylic acids is 2. The number of pyridine rings is 1. The Morgan fingerprint density at radius 2 is 1.71 bits per heavy atom. The highest BCUT2D eigenvalue weighted by Crippen LogP contribution is 2.23. The van der Waals surface area contributed by atoms with Crippen molar-refractivity contribution < 1.29 is 18.0 Å². The number of nitrogens with one attached hydrogen (secondary N) is 3. The van der Waals surface area contributed by atoms with Crippen LogP contribution in [0.3, 0.4) is 0 Å². The number of fused-ring (bicyclic) bond motifs is 1. The number of rotatable bonds is 9.